The van der Waals surface area contributed by atoms with Gasteiger partial charge in [0.15, 0.2) is 0 Å². The van der Waals surface area contributed by atoms with Gasteiger partial charge in [0.2, 0.25) is 5.91 Å². The van der Waals surface area contributed by atoms with Gasteiger partial charge in [0.05, 0.1) is 5.02 Å². The van der Waals surface area contributed by atoms with Crippen LogP contribution in [0.15, 0.2) is 22.7 Å². The van der Waals surface area contributed by atoms with Crippen LogP contribution in [-0.2, 0) is 9.59 Å². The first kappa shape index (κ1) is 14.8. The number of nitrogens with one attached hydrogen (secondary N) is 2. The molecule has 1 atom stereocenters. The lowest BCUT2D eigenvalue weighted by Gasteiger charge is -2.15. The second-order valence-electron chi connectivity index (χ2n) is 3.60. The van der Waals surface area contributed by atoms with Crippen LogP contribution >= 0.6 is 27.5 Å². The summed E-state index contributed by atoms with van der Waals surface area (Å²) in [5.41, 5.74) is 0.711. The molecule has 18 heavy (non-hydrogen) atoms. The molecule has 0 bridgehead atoms. The van der Waals surface area contributed by atoms with E-state index < -0.39 is 12.0 Å². The van der Waals surface area contributed by atoms with Crippen LogP contribution in [0, 0.1) is 0 Å². The van der Waals surface area contributed by atoms with Crippen LogP contribution in [0.3, 0.4) is 0 Å². The van der Waals surface area contributed by atoms with E-state index in [2.05, 4.69) is 26.6 Å². The molecular formula is C11H12BrClN2O3. The van der Waals surface area contributed by atoms with Crippen LogP contribution in [0.2, 0.25) is 5.02 Å². The summed E-state index contributed by atoms with van der Waals surface area (Å²) in [5, 5.41) is 14.7. The fraction of sp³-hybridized carbons (Fsp3) is 0.273. The first-order chi connectivity index (χ1) is 8.40. The number of aliphatic carboxylic acids is 1. The lowest BCUT2D eigenvalue weighted by molar-refractivity contribution is -0.141. The molecular weight excluding hydrogens is 323 g/mol. The number of carbonyl (C=O) groups excluding carboxylic acids is 1. The summed E-state index contributed by atoms with van der Waals surface area (Å²) in [4.78, 5) is 21.7. The van der Waals surface area contributed by atoms with Crippen molar-refractivity contribution in [1.29, 1.82) is 0 Å². The van der Waals surface area contributed by atoms with E-state index in [0.29, 0.717) is 15.2 Å². The smallest absolute Gasteiger partial charge is 0.328 e. The van der Waals surface area contributed by atoms with Gasteiger partial charge in [-0.15, -0.1) is 0 Å². The summed E-state index contributed by atoms with van der Waals surface area (Å²) in [6.45, 7) is 1.36. The first-order valence-corrected chi connectivity index (χ1v) is 6.26. The normalized spacial score (nSPS) is 11.7. The Morgan fingerprint density at radius 2 is 2.17 bits per heavy atom. The van der Waals surface area contributed by atoms with Crippen LogP contribution in [0.25, 0.3) is 0 Å². The molecule has 0 aliphatic carbocycles. The lowest BCUT2D eigenvalue weighted by Crippen LogP contribution is -2.44. The summed E-state index contributed by atoms with van der Waals surface area (Å²) in [6, 6.07) is 4.16. The fourth-order valence-electron chi connectivity index (χ4n) is 1.27. The topological polar surface area (TPSA) is 78.4 Å². The van der Waals surface area contributed by atoms with Crippen molar-refractivity contribution in [3.8, 4) is 0 Å². The van der Waals surface area contributed by atoms with Crippen molar-refractivity contribution in [2.45, 2.75) is 13.0 Å². The van der Waals surface area contributed by atoms with Gasteiger partial charge < -0.3 is 15.7 Å². The fourth-order valence-corrected chi connectivity index (χ4v) is 1.77. The maximum Gasteiger partial charge on any atom is 0.328 e. The van der Waals surface area contributed by atoms with E-state index in [1.807, 2.05) is 0 Å². The van der Waals surface area contributed by atoms with Gasteiger partial charge in [-0.05, 0) is 34.1 Å². The first-order valence-electron chi connectivity index (χ1n) is 5.09. The molecule has 0 saturated carbocycles. The maximum atomic E-state index is 10.9. The van der Waals surface area contributed by atoms with Crippen molar-refractivity contribution in [3.05, 3.63) is 27.7 Å². The summed E-state index contributed by atoms with van der Waals surface area (Å²) < 4.78 is 0.709. The van der Waals surface area contributed by atoms with Crippen LogP contribution in [-0.4, -0.2) is 29.6 Å². The van der Waals surface area contributed by atoms with Crippen LogP contribution in [0.5, 0.6) is 0 Å². The lowest BCUT2D eigenvalue weighted by atomic mass is 10.2. The largest absolute Gasteiger partial charge is 0.480 e. The van der Waals surface area contributed by atoms with Crippen molar-refractivity contribution >= 4 is 45.1 Å². The third kappa shape index (κ3) is 4.54. The molecule has 1 rings (SSSR count). The molecule has 1 amide bonds. The molecule has 7 heteroatoms. The number of hydrogen-bond donors (Lipinski definition) is 3. The minimum Gasteiger partial charge on any atom is -0.480 e. The van der Waals surface area contributed by atoms with Crippen molar-refractivity contribution in [2.24, 2.45) is 0 Å². The molecule has 0 fully saturated rings. The Morgan fingerprint density at radius 3 is 2.67 bits per heavy atom. The van der Waals surface area contributed by atoms with Gasteiger partial charge in [0, 0.05) is 23.6 Å². The molecule has 0 heterocycles. The number of carboxylic acid groups (broad SMARTS) is 1. The molecule has 0 aromatic heterocycles. The molecule has 1 unspecified atom stereocenters. The molecule has 0 saturated heterocycles. The predicted molar refractivity (Wildman–Crippen MR) is 72.9 cm³/mol. The molecule has 1 aromatic rings. The molecule has 3 N–H and O–H groups in total. The predicted octanol–water partition coefficient (Wildman–Crippen LogP) is 2.10. The Morgan fingerprint density at radius 1 is 1.50 bits per heavy atom. The van der Waals surface area contributed by atoms with E-state index in [9.17, 15) is 9.59 Å². The average Bonchev–Trinajstić information content (AvgIpc) is 2.28. The number of rotatable bonds is 5. The Labute approximate surface area is 118 Å². The molecule has 0 radical (unpaired) electrons. The van der Waals surface area contributed by atoms with Crippen molar-refractivity contribution in [3.63, 3.8) is 0 Å². The summed E-state index contributed by atoms with van der Waals surface area (Å²) >= 11 is 9.10. The third-order valence-electron chi connectivity index (χ3n) is 2.11. The Kier molecular flexibility index (Phi) is 5.43. The van der Waals surface area contributed by atoms with Crippen molar-refractivity contribution < 1.29 is 14.7 Å². The monoisotopic (exact) mass is 334 g/mol. The van der Waals surface area contributed by atoms with Gasteiger partial charge in [-0.1, -0.05) is 11.6 Å². The SMILES string of the molecule is CC(=O)NC(CNc1ccc(Cl)c(Br)c1)C(=O)O. The molecule has 0 spiro atoms. The van der Waals surface area contributed by atoms with Crippen LogP contribution < -0.4 is 10.6 Å². The molecule has 98 valence electrons. The Bertz CT molecular complexity index is 468. The van der Waals surface area contributed by atoms with Gasteiger partial charge in [-0.25, -0.2) is 4.79 Å². The van der Waals surface area contributed by atoms with Gasteiger partial charge in [-0.2, -0.15) is 0 Å². The standard InChI is InChI=1S/C11H12BrClN2O3/c1-6(16)15-10(11(17)18)5-14-7-2-3-9(13)8(12)4-7/h2-4,10,14H,5H2,1H3,(H,15,16)(H,17,18). The number of amides is 1. The number of anilines is 1. The molecule has 5 nitrogen and oxygen atoms in total. The highest BCUT2D eigenvalue weighted by molar-refractivity contribution is 9.10. The number of carboxylic acids is 1. The summed E-state index contributed by atoms with van der Waals surface area (Å²) in [6.07, 6.45) is 0. The van der Waals surface area contributed by atoms with Crippen LogP contribution in [0.1, 0.15) is 6.92 Å². The zero-order valence-corrected chi connectivity index (χ0v) is 11.9. The summed E-state index contributed by atoms with van der Waals surface area (Å²) in [5.74, 6) is -1.48. The quantitative estimate of drug-likeness (QED) is 0.770. The zero-order valence-electron chi connectivity index (χ0n) is 9.54. The third-order valence-corrected chi connectivity index (χ3v) is 3.32. The van der Waals surface area contributed by atoms with E-state index in [4.69, 9.17) is 16.7 Å². The Balaban J connectivity index is 2.64. The number of benzene rings is 1. The number of carbonyl (C=O) groups is 2. The average molecular weight is 336 g/mol. The Hall–Kier alpha value is -1.27. The molecule has 0 aliphatic heterocycles. The number of hydrogen-bond acceptors (Lipinski definition) is 3. The highest BCUT2D eigenvalue weighted by Crippen LogP contribution is 2.25. The van der Waals surface area contributed by atoms with Gasteiger partial charge in [-0.3, -0.25) is 4.79 Å². The van der Waals surface area contributed by atoms with E-state index in [1.165, 1.54) is 6.92 Å². The molecule has 0 aliphatic rings. The van der Waals surface area contributed by atoms with Crippen molar-refractivity contribution in [1.82, 2.24) is 5.32 Å². The van der Waals surface area contributed by atoms with Gasteiger partial charge >= 0.3 is 5.97 Å². The van der Waals surface area contributed by atoms with Gasteiger partial charge in [0.1, 0.15) is 6.04 Å². The highest BCUT2D eigenvalue weighted by Gasteiger charge is 2.17. The van der Waals surface area contributed by atoms with E-state index in [-0.39, 0.29) is 12.5 Å². The van der Waals surface area contributed by atoms with Crippen LogP contribution in [0.4, 0.5) is 5.69 Å². The van der Waals surface area contributed by atoms with E-state index >= 15 is 0 Å². The molecule has 1 aromatic carbocycles. The number of halogens is 2. The second-order valence-corrected chi connectivity index (χ2v) is 4.86. The van der Waals surface area contributed by atoms with Gasteiger partial charge in [0.25, 0.3) is 0 Å². The van der Waals surface area contributed by atoms with Crippen molar-refractivity contribution in [2.75, 3.05) is 11.9 Å². The highest BCUT2D eigenvalue weighted by atomic mass is 79.9. The van der Waals surface area contributed by atoms with E-state index in [1.54, 1.807) is 18.2 Å². The van der Waals surface area contributed by atoms with E-state index in [0.717, 1.165) is 0 Å². The maximum absolute atomic E-state index is 10.9. The summed E-state index contributed by atoms with van der Waals surface area (Å²) in [7, 11) is 0. The zero-order chi connectivity index (χ0) is 13.7. The minimum atomic E-state index is -1.09. The second kappa shape index (κ2) is 6.61. The minimum absolute atomic E-state index is 0.0863.